The number of aromatic nitrogens is 1. The topological polar surface area (TPSA) is 49.8 Å². The normalized spacial score (nSPS) is 21.4. The van der Waals surface area contributed by atoms with Crippen LogP contribution in [-0.2, 0) is 11.3 Å². The molecule has 1 aromatic carbocycles. The number of nitrogens with zero attached hydrogens (tertiary/aromatic N) is 3. The van der Waals surface area contributed by atoms with Gasteiger partial charge in [0.05, 0.1) is 23.2 Å². The van der Waals surface area contributed by atoms with Gasteiger partial charge in [-0.15, -0.1) is 0 Å². The van der Waals surface area contributed by atoms with Crippen molar-refractivity contribution in [3.05, 3.63) is 57.3 Å². The molecule has 5 nitrogen and oxygen atoms in total. The number of nitrogens with one attached hydrogen (secondary N) is 1. The SMILES string of the molecule is CONC(=Nc1cc(Cl)c(Cl)cc1F)N1[C@@H]2CC[C@H]1c1ccnc(F)c1C2. The fourth-order valence-electron chi connectivity index (χ4n) is 3.88. The van der Waals surface area contributed by atoms with Gasteiger partial charge in [-0.3, -0.25) is 4.84 Å². The Morgan fingerprint density at radius 2 is 2.07 bits per heavy atom. The molecule has 0 unspecified atom stereocenters. The van der Waals surface area contributed by atoms with E-state index < -0.39 is 11.8 Å². The third-order valence-electron chi connectivity index (χ3n) is 4.99. The lowest BCUT2D eigenvalue weighted by atomic mass is 9.95. The number of fused-ring (bicyclic) bond motifs is 4. The summed E-state index contributed by atoms with van der Waals surface area (Å²) in [6.07, 6.45) is 3.65. The molecule has 0 saturated carbocycles. The summed E-state index contributed by atoms with van der Waals surface area (Å²) < 4.78 is 28.4. The lowest BCUT2D eigenvalue weighted by Crippen LogP contribution is -2.48. The molecule has 0 amide bonds. The highest BCUT2D eigenvalue weighted by Gasteiger charge is 2.43. The van der Waals surface area contributed by atoms with Crippen molar-refractivity contribution in [2.24, 2.45) is 4.99 Å². The van der Waals surface area contributed by atoms with Crippen LogP contribution in [0.5, 0.6) is 0 Å². The molecule has 2 aliphatic heterocycles. The fourth-order valence-corrected chi connectivity index (χ4v) is 4.18. The van der Waals surface area contributed by atoms with Crippen LogP contribution in [0.15, 0.2) is 29.4 Å². The molecule has 0 radical (unpaired) electrons. The van der Waals surface area contributed by atoms with Crippen molar-refractivity contribution < 1.29 is 13.6 Å². The molecule has 1 fully saturated rings. The Balaban J connectivity index is 1.77. The van der Waals surface area contributed by atoms with Crippen LogP contribution in [0.2, 0.25) is 10.0 Å². The van der Waals surface area contributed by atoms with Crippen molar-refractivity contribution in [2.45, 2.75) is 31.3 Å². The van der Waals surface area contributed by atoms with Crippen molar-refractivity contribution in [1.82, 2.24) is 15.4 Å². The van der Waals surface area contributed by atoms with Gasteiger partial charge in [0.25, 0.3) is 0 Å². The number of pyridine rings is 1. The van der Waals surface area contributed by atoms with Crippen molar-refractivity contribution >= 4 is 34.8 Å². The minimum atomic E-state index is -0.597. The zero-order chi connectivity index (χ0) is 19.1. The first-order valence-corrected chi connectivity index (χ1v) is 9.19. The maximum absolute atomic E-state index is 14.3. The van der Waals surface area contributed by atoms with E-state index in [0.29, 0.717) is 17.9 Å². The summed E-state index contributed by atoms with van der Waals surface area (Å²) in [6, 6.07) is 4.22. The summed E-state index contributed by atoms with van der Waals surface area (Å²) in [7, 11) is 1.45. The molecule has 142 valence electrons. The standard InChI is InChI=1S/C18H16Cl2F2N4O/c1-27-25-18(24-15-8-13(20)12(19)7-14(15)21)26-9-2-3-16(26)10-4-5-23-17(22)11(10)6-9/h4-5,7-9,16H,2-3,6H2,1H3,(H,24,25)/t9-,16+/m1/s1. The molecule has 2 bridgehead atoms. The van der Waals surface area contributed by atoms with Gasteiger partial charge in [-0.05, 0) is 43.0 Å². The second kappa shape index (κ2) is 7.22. The second-order valence-corrected chi connectivity index (χ2v) is 7.30. The number of aliphatic imine (C=N–C) groups is 1. The van der Waals surface area contributed by atoms with E-state index in [0.717, 1.165) is 24.5 Å². The predicted octanol–water partition coefficient (Wildman–Crippen LogP) is 4.57. The van der Waals surface area contributed by atoms with Gasteiger partial charge in [-0.2, -0.15) is 4.39 Å². The lowest BCUT2D eigenvalue weighted by molar-refractivity contribution is 0.122. The average molecular weight is 413 g/mol. The number of guanidine groups is 1. The summed E-state index contributed by atoms with van der Waals surface area (Å²) in [4.78, 5) is 15.2. The van der Waals surface area contributed by atoms with Gasteiger partial charge in [-0.25, -0.2) is 19.8 Å². The molecule has 1 N–H and O–H groups in total. The number of rotatable bonds is 2. The Labute approximate surface area is 164 Å². The van der Waals surface area contributed by atoms with Gasteiger partial charge in [-0.1, -0.05) is 23.2 Å². The molecule has 2 aliphatic rings. The summed E-state index contributed by atoms with van der Waals surface area (Å²) >= 11 is 11.9. The number of halogens is 4. The van der Waals surface area contributed by atoms with Crippen molar-refractivity contribution in [2.75, 3.05) is 7.11 Å². The van der Waals surface area contributed by atoms with E-state index in [2.05, 4.69) is 15.5 Å². The highest BCUT2D eigenvalue weighted by Crippen LogP contribution is 2.44. The van der Waals surface area contributed by atoms with E-state index in [4.69, 9.17) is 28.0 Å². The maximum atomic E-state index is 14.3. The van der Waals surface area contributed by atoms with Crippen LogP contribution >= 0.6 is 23.2 Å². The van der Waals surface area contributed by atoms with Crippen LogP contribution in [0, 0.1) is 11.8 Å². The number of hydrogen-bond acceptors (Lipinski definition) is 3. The van der Waals surface area contributed by atoms with Crippen molar-refractivity contribution in [1.29, 1.82) is 0 Å². The van der Waals surface area contributed by atoms with Crippen LogP contribution in [-0.4, -0.2) is 29.0 Å². The molecule has 0 aliphatic carbocycles. The zero-order valence-corrected chi connectivity index (χ0v) is 15.9. The number of benzene rings is 1. The molecule has 27 heavy (non-hydrogen) atoms. The van der Waals surface area contributed by atoms with Gasteiger partial charge < -0.3 is 4.90 Å². The number of hydroxylamine groups is 1. The first kappa shape index (κ1) is 18.4. The van der Waals surface area contributed by atoms with Crippen molar-refractivity contribution in [3.63, 3.8) is 0 Å². The lowest BCUT2D eigenvalue weighted by Gasteiger charge is -2.38. The monoisotopic (exact) mass is 412 g/mol. The highest BCUT2D eigenvalue weighted by molar-refractivity contribution is 6.42. The molecule has 2 aromatic rings. The van der Waals surface area contributed by atoms with Crippen LogP contribution < -0.4 is 5.48 Å². The molecule has 1 aromatic heterocycles. The van der Waals surface area contributed by atoms with Crippen molar-refractivity contribution in [3.8, 4) is 0 Å². The van der Waals surface area contributed by atoms with E-state index in [1.807, 2.05) is 11.0 Å². The van der Waals surface area contributed by atoms with Crippen LogP contribution in [0.4, 0.5) is 14.5 Å². The summed E-state index contributed by atoms with van der Waals surface area (Å²) in [6.45, 7) is 0. The summed E-state index contributed by atoms with van der Waals surface area (Å²) in [5.41, 5.74) is 4.28. The van der Waals surface area contributed by atoms with Gasteiger partial charge in [0.2, 0.25) is 11.9 Å². The first-order valence-electron chi connectivity index (χ1n) is 8.43. The first-order chi connectivity index (χ1) is 13.0. The quantitative estimate of drug-likeness (QED) is 0.258. The molecule has 1 saturated heterocycles. The Kier molecular flexibility index (Phi) is 4.92. The third kappa shape index (κ3) is 3.24. The van der Waals surface area contributed by atoms with Crippen LogP contribution in [0.3, 0.4) is 0 Å². The predicted molar refractivity (Wildman–Crippen MR) is 99.2 cm³/mol. The number of hydrogen-bond donors (Lipinski definition) is 1. The van der Waals surface area contributed by atoms with E-state index in [1.54, 1.807) is 0 Å². The smallest absolute Gasteiger partial charge is 0.224 e. The van der Waals surface area contributed by atoms with Crippen LogP contribution in [0.25, 0.3) is 0 Å². The molecule has 4 rings (SSSR count). The summed E-state index contributed by atoms with van der Waals surface area (Å²) in [5.74, 6) is -0.692. The Morgan fingerprint density at radius 3 is 2.85 bits per heavy atom. The minimum Gasteiger partial charge on any atom is -0.331 e. The summed E-state index contributed by atoms with van der Waals surface area (Å²) in [5, 5.41) is 0.318. The zero-order valence-electron chi connectivity index (χ0n) is 14.3. The van der Waals surface area contributed by atoms with Gasteiger partial charge in [0.1, 0.15) is 5.69 Å². The maximum Gasteiger partial charge on any atom is 0.224 e. The van der Waals surface area contributed by atoms with Gasteiger partial charge in [0, 0.05) is 17.8 Å². The average Bonchev–Trinajstić information content (AvgIpc) is 2.94. The molecule has 0 spiro atoms. The Hall–Kier alpha value is -1.96. The van der Waals surface area contributed by atoms with E-state index in [9.17, 15) is 8.78 Å². The highest BCUT2D eigenvalue weighted by atomic mass is 35.5. The van der Waals surface area contributed by atoms with E-state index in [-0.39, 0.29) is 27.8 Å². The van der Waals surface area contributed by atoms with E-state index >= 15 is 0 Å². The molecule has 9 heteroatoms. The van der Waals surface area contributed by atoms with Gasteiger partial charge in [0.15, 0.2) is 5.82 Å². The Morgan fingerprint density at radius 1 is 1.30 bits per heavy atom. The van der Waals surface area contributed by atoms with Gasteiger partial charge >= 0.3 is 0 Å². The van der Waals surface area contributed by atoms with Crippen LogP contribution in [0.1, 0.15) is 30.0 Å². The third-order valence-corrected chi connectivity index (χ3v) is 5.72. The van der Waals surface area contributed by atoms with E-state index in [1.165, 1.54) is 19.4 Å². The second-order valence-electron chi connectivity index (χ2n) is 6.49. The molecular weight excluding hydrogens is 397 g/mol. The molecular formula is C18H16Cl2F2N4O. The fraction of sp³-hybridized carbons (Fsp3) is 0.333. The largest absolute Gasteiger partial charge is 0.331 e. The Bertz CT molecular complexity index is 924. The molecule has 3 heterocycles. The molecule has 2 atom stereocenters. The minimum absolute atomic E-state index is 0.00781.